The molecule has 0 aliphatic heterocycles. The number of nitrogens with two attached hydrogens (primary N) is 1. The molecule has 28 heavy (non-hydrogen) atoms. The van der Waals surface area contributed by atoms with Crippen LogP contribution in [-0.4, -0.2) is 40.0 Å². The van der Waals surface area contributed by atoms with Crippen molar-refractivity contribution in [3.8, 4) is 10.4 Å². The summed E-state index contributed by atoms with van der Waals surface area (Å²) < 4.78 is 0.768. The molecule has 0 bridgehead atoms. The third-order valence-electron chi connectivity index (χ3n) is 4.01. The molecule has 0 radical (unpaired) electrons. The number of aromatic nitrogens is 2. The summed E-state index contributed by atoms with van der Waals surface area (Å²) >= 11 is 4.17. The molecule has 0 atom stereocenters. The van der Waals surface area contributed by atoms with Crippen molar-refractivity contribution < 1.29 is 14.7 Å². The Morgan fingerprint density at radius 2 is 2.07 bits per heavy atom. The average molecular weight is 435 g/mol. The normalized spacial score (nSPS) is 10.8. The molecular weight excluding hydrogens is 416 g/mol. The third kappa shape index (κ3) is 4.25. The van der Waals surface area contributed by atoms with E-state index in [0.717, 1.165) is 14.1 Å². The standard InChI is InChI=1S/C18H18N4O3S3/c1-9-12(16(25)20-17-21-22-18(26-2)28-17)8-13(27-9)11-5-3-4-10(6-7-23)14(11)15(19)24/h3-5,8,23H,6-7H2,1-2H3,(H2,19,24)(H,20,21,25). The van der Waals surface area contributed by atoms with Gasteiger partial charge in [-0.05, 0) is 31.2 Å². The topological polar surface area (TPSA) is 118 Å². The Morgan fingerprint density at radius 3 is 2.71 bits per heavy atom. The van der Waals surface area contributed by atoms with Crippen LogP contribution < -0.4 is 11.1 Å². The molecular formula is C18H18N4O3S3. The SMILES string of the molecule is CSc1nnc(NC(=O)c2cc(-c3cccc(CCO)c3C(N)=O)sc2C)s1. The zero-order chi connectivity index (χ0) is 20.3. The summed E-state index contributed by atoms with van der Waals surface area (Å²) in [6.45, 7) is 1.76. The second-order valence-electron chi connectivity index (χ2n) is 5.79. The summed E-state index contributed by atoms with van der Waals surface area (Å²) in [5, 5.41) is 20.4. The Bertz CT molecular complexity index is 1030. The molecule has 0 saturated heterocycles. The van der Waals surface area contributed by atoms with Crippen LogP contribution >= 0.6 is 34.4 Å². The number of aliphatic hydroxyl groups is 1. The lowest BCUT2D eigenvalue weighted by Crippen LogP contribution is -2.16. The number of carbonyl (C=O) groups excluding carboxylic acids is 2. The van der Waals surface area contributed by atoms with Gasteiger partial charge in [-0.25, -0.2) is 0 Å². The molecule has 2 aromatic heterocycles. The number of nitrogens with zero attached hydrogens (tertiary/aromatic N) is 2. The summed E-state index contributed by atoms with van der Waals surface area (Å²) in [7, 11) is 0. The number of hydrogen-bond acceptors (Lipinski definition) is 8. The van der Waals surface area contributed by atoms with Gasteiger partial charge >= 0.3 is 0 Å². The smallest absolute Gasteiger partial charge is 0.258 e. The second-order valence-corrected chi connectivity index (χ2v) is 9.08. The van der Waals surface area contributed by atoms with Crippen LogP contribution in [0.25, 0.3) is 10.4 Å². The number of primary amides is 1. The number of rotatable bonds is 7. The van der Waals surface area contributed by atoms with Crippen molar-refractivity contribution in [2.24, 2.45) is 5.73 Å². The van der Waals surface area contributed by atoms with Gasteiger partial charge in [0.05, 0.1) is 11.1 Å². The van der Waals surface area contributed by atoms with Crippen molar-refractivity contribution in [2.45, 2.75) is 17.7 Å². The van der Waals surface area contributed by atoms with Gasteiger partial charge in [0.2, 0.25) is 11.0 Å². The molecule has 7 nitrogen and oxygen atoms in total. The van der Waals surface area contributed by atoms with E-state index >= 15 is 0 Å². The Labute approximate surface area is 174 Å². The fourth-order valence-electron chi connectivity index (χ4n) is 2.77. The molecule has 0 saturated carbocycles. The second kappa shape index (κ2) is 8.82. The lowest BCUT2D eigenvalue weighted by atomic mass is 9.97. The van der Waals surface area contributed by atoms with Crippen LogP contribution in [0.4, 0.5) is 5.13 Å². The predicted molar refractivity (Wildman–Crippen MR) is 113 cm³/mol. The Hall–Kier alpha value is -2.27. The van der Waals surface area contributed by atoms with Crippen molar-refractivity contribution in [2.75, 3.05) is 18.2 Å². The van der Waals surface area contributed by atoms with Gasteiger partial charge in [0.1, 0.15) is 0 Å². The third-order valence-corrected chi connectivity index (χ3v) is 6.91. The van der Waals surface area contributed by atoms with E-state index in [4.69, 9.17) is 5.73 Å². The maximum absolute atomic E-state index is 12.7. The highest BCUT2D eigenvalue weighted by molar-refractivity contribution is 8.00. The first-order valence-electron chi connectivity index (χ1n) is 8.26. The molecule has 2 heterocycles. The van der Waals surface area contributed by atoms with Gasteiger partial charge in [-0.2, -0.15) is 0 Å². The number of benzene rings is 1. The monoisotopic (exact) mass is 434 g/mol. The van der Waals surface area contributed by atoms with Gasteiger partial charge in [-0.15, -0.1) is 21.5 Å². The summed E-state index contributed by atoms with van der Waals surface area (Å²) in [6, 6.07) is 7.12. The van der Waals surface area contributed by atoms with Gasteiger partial charge in [-0.3, -0.25) is 14.9 Å². The lowest BCUT2D eigenvalue weighted by Gasteiger charge is -2.10. The Kier molecular flexibility index (Phi) is 6.45. The van der Waals surface area contributed by atoms with E-state index in [9.17, 15) is 14.7 Å². The summed E-state index contributed by atoms with van der Waals surface area (Å²) in [5.74, 6) is -0.842. The van der Waals surface area contributed by atoms with Crippen LogP contribution in [0.5, 0.6) is 0 Å². The molecule has 146 valence electrons. The highest BCUT2D eigenvalue weighted by atomic mass is 32.2. The summed E-state index contributed by atoms with van der Waals surface area (Å²) in [4.78, 5) is 26.3. The van der Waals surface area contributed by atoms with E-state index in [2.05, 4.69) is 15.5 Å². The highest BCUT2D eigenvalue weighted by Crippen LogP contribution is 2.35. The molecule has 1 aromatic carbocycles. The van der Waals surface area contributed by atoms with Gasteiger partial charge < -0.3 is 10.8 Å². The number of nitrogens with one attached hydrogen (secondary N) is 1. The number of aryl methyl sites for hydroxylation is 1. The van der Waals surface area contributed by atoms with Crippen LogP contribution in [-0.2, 0) is 6.42 Å². The molecule has 0 spiro atoms. The lowest BCUT2D eigenvalue weighted by molar-refractivity contribution is 0.0997. The number of aliphatic hydroxyl groups excluding tert-OH is 1. The average Bonchev–Trinajstić information content (AvgIpc) is 3.27. The molecule has 0 unspecified atom stereocenters. The number of thioether (sulfide) groups is 1. The fourth-order valence-corrected chi connectivity index (χ4v) is 4.99. The van der Waals surface area contributed by atoms with Gasteiger partial charge in [0.15, 0.2) is 4.34 Å². The van der Waals surface area contributed by atoms with Crippen molar-refractivity contribution in [3.05, 3.63) is 45.8 Å². The number of anilines is 1. The predicted octanol–water partition coefficient (Wildman–Crippen LogP) is 3.18. The quantitative estimate of drug-likeness (QED) is 0.388. The molecule has 4 N–H and O–H groups in total. The molecule has 2 amide bonds. The van der Waals surface area contributed by atoms with E-state index in [1.165, 1.54) is 34.4 Å². The van der Waals surface area contributed by atoms with E-state index in [1.807, 2.05) is 19.2 Å². The maximum Gasteiger partial charge on any atom is 0.258 e. The number of amides is 2. The number of hydrogen-bond donors (Lipinski definition) is 3. The van der Waals surface area contributed by atoms with E-state index in [1.54, 1.807) is 18.2 Å². The molecule has 3 rings (SSSR count). The molecule has 0 aliphatic carbocycles. The maximum atomic E-state index is 12.7. The first-order chi connectivity index (χ1) is 13.4. The van der Waals surface area contributed by atoms with Crippen molar-refractivity contribution in [1.29, 1.82) is 0 Å². The molecule has 10 heteroatoms. The summed E-state index contributed by atoms with van der Waals surface area (Å²) in [6.07, 6.45) is 2.22. The van der Waals surface area contributed by atoms with Crippen molar-refractivity contribution in [3.63, 3.8) is 0 Å². The minimum Gasteiger partial charge on any atom is -0.396 e. The highest BCUT2D eigenvalue weighted by Gasteiger charge is 2.20. The van der Waals surface area contributed by atoms with Gasteiger partial charge in [0.25, 0.3) is 5.91 Å². The van der Waals surface area contributed by atoms with E-state index in [0.29, 0.717) is 33.8 Å². The molecule has 3 aromatic rings. The fraction of sp³-hybridized carbons (Fsp3) is 0.222. The first-order valence-corrected chi connectivity index (χ1v) is 11.1. The zero-order valence-corrected chi connectivity index (χ0v) is 17.6. The van der Waals surface area contributed by atoms with Gasteiger partial charge in [-0.1, -0.05) is 41.3 Å². The minimum atomic E-state index is -0.561. The Morgan fingerprint density at radius 1 is 1.29 bits per heavy atom. The van der Waals surface area contributed by atoms with Crippen LogP contribution in [0.2, 0.25) is 0 Å². The summed E-state index contributed by atoms with van der Waals surface area (Å²) in [5.41, 5.74) is 7.81. The largest absolute Gasteiger partial charge is 0.396 e. The van der Waals surface area contributed by atoms with Crippen molar-refractivity contribution >= 4 is 51.4 Å². The Balaban J connectivity index is 1.95. The van der Waals surface area contributed by atoms with E-state index in [-0.39, 0.29) is 12.5 Å². The van der Waals surface area contributed by atoms with Crippen LogP contribution in [0.3, 0.4) is 0 Å². The van der Waals surface area contributed by atoms with Crippen LogP contribution in [0.15, 0.2) is 28.6 Å². The zero-order valence-electron chi connectivity index (χ0n) is 15.2. The number of thiophene rings is 1. The molecule has 0 aliphatic rings. The number of carbonyl (C=O) groups is 2. The van der Waals surface area contributed by atoms with E-state index < -0.39 is 5.91 Å². The first kappa shape index (κ1) is 20.5. The molecule has 0 fully saturated rings. The minimum absolute atomic E-state index is 0.0826. The van der Waals surface area contributed by atoms with Crippen molar-refractivity contribution in [1.82, 2.24) is 10.2 Å². The van der Waals surface area contributed by atoms with Gasteiger partial charge in [0, 0.05) is 21.9 Å². The van der Waals surface area contributed by atoms with Crippen LogP contribution in [0, 0.1) is 6.92 Å². The van der Waals surface area contributed by atoms with Crippen LogP contribution in [0.1, 0.15) is 31.2 Å².